The molecule has 0 saturated heterocycles. The van der Waals surface area contributed by atoms with Gasteiger partial charge in [0.05, 0.1) is 13.7 Å². The van der Waals surface area contributed by atoms with Crippen LogP contribution in [0.3, 0.4) is 0 Å². The van der Waals surface area contributed by atoms with Gasteiger partial charge in [-0.05, 0) is 12.1 Å². The summed E-state index contributed by atoms with van der Waals surface area (Å²) in [5, 5.41) is 8.58. The molecule has 0 aliphatic carbocycles. The topological polar surface area (TPSA) is 93.1 Å². The third-order valence-electron chi connectivity index (χ3n) is 1.78. The second-order valence-corrected chi connectivity index (χ2v) is 4.25. The molecule has 0 heterocycles. The predicted octanol–water partition coefficient (Wildman–Crippen LogP) is 0.313. The zero-order chi connectivity index (χ0) is 12.2. The van der Waals surface area contributed by atoms with Crippen LogP contribution in [0.4, 0.5) is 0 Å². The van der Waals surface area contributed by atoms with Crippen molar-refractivity contribution in [3.8, 4) is 11.5 Å². The van der Waals surface area contributed by atoms with Crippen LogP contribution in [-0.4, -0.2) is 38.4 Å². The monoisotopic (exact) mass is 248 g/mol. The summed E-state index contributed by atoms with van der Waals surface area (Å²) in [5.41, 5.74) is 0. The molecule has 0 fully saturated rings. The lowest BCUT2D eigenvalue weighted by Crippen LogP contribution is -2.07. The Balaban J connectivity index is 3.16. The van der Waals surface area contributed by atoms with E-state index in [1.165, 1.54) is 25.3 Å². The maximum absolute atomic E-state index is 11.0. The summed E-state index contributed by atoms with van der Waals surface area (Å²) in [7, 11) is -2.94. The molecule has 0 amide bonds. The third-order valence-corrected chi connectivity index (χ3v) is 2.67. The number of aliphatic hydroxyl groups is 1. The first-order valence-corrected chi connectivity index (χ1v) is 5.82. The lowest BCUT2D eigenvalue weighted by molar-refractivity contribution is 0.197. The standard InChI is InChI=1S/C9H12O6S/c1-14-7-2-3-9(16(11,12)13)8(6-7)15-5-4-10/h2-3,6,10H,4-5H2,1H3,(H,11,12,13). The van der Waals surface area contributed by atoms with E-state index >= 15 is 0 Å². The Morgan fingerprint density at radius 1 is 1.38 bits per heavy atom. The van der Waals surface area contributed by atoms with Gasteiger partial charge in [-0.25, -0.2) is 0 Å². The van der Waals surface area contributed by atoms with Crippen LogP contribution in [-0.2, 0) is 10.1 Å². The molecule has 0 spiro atoms. The summed E-state index contributed by atoms with van der Waals surface area (Å²) in [6, 6.07) is 3.87. The highest BCUT2D eigenvalue weighted by molar-refractivity contribution is 7.86. The van der Waals surface area contributed by atoms with E-state index in [1.807, 2.05) is 0 Å². The van der Waals surface area contributed by atoms with Crippen molar-refractivity contribution in [2.24, 2.45) is 0 Å². The molecule has 6 nitrogen and oxygen atoms in total. The molecule has 90 valence electrons. The van der Waals surface area contributed by atoms with E-state index in [0.717, 1.165) is 0 Å². The third kappa shape index (κ3) is 3.09. The number of ether oxygens (including phenoxy) is 2. The lowest BCUT2D eigenvalue weighted by Gasteiger charge is -2.10. The van der Waals surface area contributed by atoms with Crippen LogP contribution in [0.2, 0.25) is 0 Å². The van der Waals surface area contributed by atoms with Crippen LogP contribution in [0.25, 0.3) is 0 Å². The first-order chi connectivity index (χ1) is 7.49. The van der Waals surface area contributed by atoms with Gasteiger partial charge in [0.25, 0.3) is 10.1 Å². The van der Waals surface area contributed by atoms with Crippen LogP contribution in [0.1, 0.15) is 0 Å². The van der Waals surface area contributed by atoms with Gasteiger partial charge in [-0.1, -0.05) is 0 Å². The molecule has 7 heteroatoms. The van der Waals surface area contributed by atoms with E-state index in [2.05, 4.69) is 0 Å². The van der Waals surface area contributed by atoms with Gasteiger partial charge in [-0.2, -0.15) is 8.42 Å². The Morgan fingerprint density at radius 2 is 2.06 bits per heavy atom. The minimum atomic E-state index is -4.35. The Bertz CT molecular complexity index is 453. The smallest absolute Gasteiger partial charge is 0.298 e. The minimum absolute atomic E-state index is 0.0594. The molecule has 0 unspecified atom stereocenters. The van der Waals surface area contributed by atoms with Gasteiger partial charge >= 0.3 is 0 Å². The van der Waals surface area contributed by atoms with Crippen LogP contribution in [0, 0.1) is 0 Å². The van der Waals surface area contributed by atoms with Gasteiger partial charge in [0.2, 0.25) is 0 Å². The van der Waals surface area contributed by atoms with Gasteiger partial charge in [0.1, 0.15) is 23.0 Å². The highest BCUT2D eigenvalue weighted by Crippen LogP contribution is 2.28. The molecule has 1 rings (SSSR count). The highest BCUT2D eigenvalue weighted by atomic mass is 32.2. The molecule has 0 aliphatic rings. The van der Waals surface area contributed by atoms with Crippen LogP contribution >= 0.6 is 0 Å². The Kier molecular flexibility index (Phi) is 4.11. The molecule has 0 aromatic heterocycles. The molecule has 2 N–H and O–H groups in total. The van der Waals surface area contributed by atoms with E-state index in [0.29, 0.717) is 5.75 Å². The number of hydrogen-bond donors (Lipinski definition) is 2. The fourth-order valence-electron chi connectivity index (χ4n) is 1.10. The predicted molar refractivity (Wildman–Crippen MR) is 55.4 cm³/mol. The second-order valence-electron chi connectivity index (χ2n) is 2.86. The summed E-state index contributed by atoms with van der Waals surface area (Å²) in [6.07, 6.45) is 0. The zero-order valence-corrected chi connectivity index (χ0v) is 9.40. The highest BCUT2D eigenvalue weighted by Gasteiger charge is 2.17. The minimum Gasteiger partial charge on any atom is -0.497 e. The summed E-state index contributed by atoms with van der Waals surface area (Å²) >= 11 is 0. The van der Waals surface area contributed by atoms with Crippen molar-refractivity contribution in [3.63, 3.8) is 0 Å². The van der Waals surface area contributed by atoms with Crippen molar-refractivity contribution in [1.29, 1.82) is 0 Å². The largest absolute Gasteiger partial charge is 0.497 e. The summed E-state index contributed by atoms with van der Waals surface area (Å²) in [5.74, 6) is 0.330. The number of aliphatic hydroxyl groups excluding tert-OH is 1. The molecule has 16 heavy (non-hydrogen) atoms. The Hall–Kier alpha value is -1.31. The van der Waals surface area contributed by atoms with E-state index in [4.69, 9.17) is 19.1 Å². The maximum Gasteiger partial charge on any atom is 0.298 e. The fraction of sp³-hybridized carbons (Fsp3) is 0.333. The maximum atomic E-state index is 11.0. The number of rotatable bonds is 5. The number of benzene rings is 1. The summed E-state index contributed by atoms with van der Waals surface area (Å²) in [6.45, 7) is -0.336. The molecular formula is C9H12O6S. The van der Waals surface area contributed by atoms with Gasteiger partial charge in [0.15, 0.2) is 0 Å². The van der Waals surface area contributed by atoms with E-state index in [1.54, 1.807) is 0 Å². The van der Waals surface area contributed by atoms with Gasteiger partial charge < -0.3 is 14.6 Å². The van der Waals surface area contributed by atoms with Crippen molar-refractivity contribution >= 4 is 10.1 Å². The Morgan fingerprint density at radius 3 is 2.56 bits per heavy atom. The van der Waals surface area contributed by atoms with Gasteiger partial charge in [-0.15, -0.1) is 0 Å². The van der Waals surface area contributed by atoms with Gasteiger partial charge in [-0.3, -0.25) is 4.55 Å². The van der Waals surface area contributed by atoms with Crippen LogP contribution in [0.5, 0.6) is 11.5 Å². The molecule has 1 aromatic carbocycles. The zero-order valence-electron chi connectivity index (χ0n) is 8.58. The van der Waals surface area contributed by atoms with E-state index in [-0.39, 0.29) is 23.9 Å². The van der Waals surface area contributed by atoms with Crippen molar-refractivity contribution in [2.75, 3.05) is 20.3 Å². The number of hydrogen-bond acceptors (Lipinski definition) is 5. The summed E-state index contributed by atoms with van der Waals surface area (Å²) < 4.78 is 40.8. The van der Waals surface area contributed by atoms with E-state index < -0.39 is 10.1 Å². The molecule has 0 saturated carbocycles. The first-order valence-electron chi connectivity index (χ1n) is 4.38. The second kappa shape index (κ2) is 5.15. The average Bonchev–Trinajstić information content (AvgIpc) is 2.24. The first kappa shape index (κ1) is 12.8. The van der Waals surface area contributed by atoms with Crippen LogP contribution < -0.4 is 9.47 Å². The van der Waals surface area contributed by atoms with Crippen molar-refractivity contribution < 1.29 is 27.6 Å². The van der Waals surface area contributed by atoms with Crippen molar-refractivity contribution in [1.82, 2.24) is 0 Å². The molecule has 0 radical (unpaired) electrons. The van der Waals surface area contributed by atoms with Crippen LogP contribution in [0.15, 0.2) is 23.1 Å². The molecule has 0 atom stereocenters. The van der Waals surface area contributed by atoms with Crippen molar-refractivity contribution in [2.45, 2.75) is 4.90 Å². The summed E-state index contributed by atoms with van der Waals surface area (Å²) in [4.78, 5) is -0.359. The van der Waals surface area contributed by atoms with Crippen molar-refractivity contribution in [3.05, 3.63) is 18.2 Å². The lowest BCUT2D eigenvalue weighted by atomic mass is 10.3. The molecular weight excluding hydrogens is 236 g/mol. The normalized spacial score (nSPS) is 11.2. The SMILES string of the molecule is COc1ccc(S(=O)(=O)O)c(OCCO)c1. The quantitative estimate of drug-likeness (QED) is 0.729. The molecule has 1 aromatic rings. The Labute approximate surface area is 93.2 Å². The molecule has 0 bridgehead atoms. The number of methoxy groups -OCH3 is 1. The molecule has 0 aliphatic heterocycles. The fourth-order valence-corrected chi connectivity index (χ4v) is 1.71. The van der Waals surface area contributed by atoms with E-state index in [9.17, 15) is 8.42 Å². The average molecular weight is 248 g/mol. The van der Waals surface area contributed by atoms with Gasteiger partial charge in [0, 0.05) is 6.07 Å².